The molecule has 1 heterocycles. The Morgan fingerprint density at radius 1 is 1.14 bits per heavy atom. The highest BCUT2D eigenvalue weighted by Crippen LogP contribution is 2.06. The Morgan fingerprint density at radius 2 is 1.86 bits per heavy atom. The quantitative estimate of drug-likeness (QED) is 0.861. The molecule has 1 amide bonds. The lowest BCUT2D eigenvalue weighted by atomic mass is 10.1. The van der Waals surface area contributed by atoms with E-state index in [0.717, 1.165) is 11.3 Å². The summed E-state index contributed by atoms with van der Waals surface area (Å²) >= 11 is 0. The predicted molar refractivity (Wildman–Crippen MR) is 75.7 cm³/mol. The van der Waals surface area contributed by atoms with E-state index >= 15 is 0 Å². The zero-order valence-electron chi connectivity index (χ0n) is 11.8. The van der Waals surface area contributed by atoms with Crippen molar-refractivity contribution in [3.63, 3.8) is 0 Å². The lowest BCUT2D eigenvalue weighted by Gasteiger charge is -2.05. The van der Waals surface area contributed by atoms with Crippen molar-refractivity contribution in [2.45, 2.75) is 13.5 Å². The van der Waals surface area contributed by atoms with Crippen LogP contribution in [0.25, 0.3) is 0 Å². The van der Waals surface area contributed by atoms with Crippen molar-refractivity contribution < 1.29 is 14.3 Å². The van der Waals surface area contributed by atoms with Crippen molar-refractivity contribution in [2.24, 2.45) is 0 Å². The van der Waals surface area contributed by atoms with Gasteiger partial charge in [0.2, 0.25) is 0 Å². The van der Waals surface area contributed by atoms with E-state index in [1.54, 1.807) is 37.4 Å². The molecular formula is C15H15N3O3. The summed E-state index contributed by atoms with van der Waals surface area (Å²) in [6.07, 6.45) is 2.98. The van der Waals surface area contributed by atoms with Gasteiger partial charge in [0.15, 0.2) is 0 Å². The number of nitrogens with zero attached hydrogens (tertiary/aromatic N) is 2. The van der Waals surface area contributed by atoms with E-state index in [1.165, 1.54) is 13.3 Å². The second-order valence-electron chi connectivity index (χ2n) is 4.41. The second-order valence-corrected chi connectivity index (χ2v) is 4.41. The number of esters is 1. The number of amides is 1. The molecular weight excluding hydrogens is 270 g/mol. The van der Waals surface area contributed by atoms with Crippen LogP contribution in [0.2, 0.25) is 0 Å². The molecule has 1 aromatic carbocycles. The highest BCUT2D eigenvalue weighted by atomic mass is 16.5. The van der Waals surface area contributed by atoms with E-state index in [-0.39, 0.29) is 17.6 Å². The monoisotopic (exact) mass is 285 g/mol. The van der Waals surface area contributed by atoms with Crippen molar-refractivity contribution >= 4 is 11.9 Å². The first-order valence-electron chi connectivity index (χ1n) is 6.34. The zero-order chi connectivity index (χ0) is 15.2. The van der Waals surface area contributed by atoms with Gasteiger partial charge in [-0.25, -0.2) is 9.78 Å². The molecule has 0 atom stereocenters. The van der Waals surface area contributed by atoms with Gasteiger partial charge < -0.3 is 10.1 Å². The minimum atomic E-state index is -0.388. The number of aryl methyl sites for hydroxylation is 1. The predicted octanol–water partition coefficient (Wildman–Crippen LogP) is 1.50. The first-order valence-corrected chi connectivity index (χ1v) is 6.34. The van der Waals surface area contributed by atoms with E-state index in [4.69, 9.17) is 0 Å². The summed E-state index contributed by atoms with van der Waals surface area (Å²) in [6, 6.07) is 6.82. The minimum Gasteiger partial charge on any atom is -0.465 e. The normalized spacial score (nSPS) is 10.0. The maximum atomic E-state index is 11.9. The summed E-state index contributed by atoms with van der Waals surface area (Å²) in [4.78, 5) is 31.2. The Hall–Kier alpha value is -2.76. The summed E-state index contributed by atoms with van der Waals surface area (Å²) in [5.74, 6) is -0.681. The summed E-state index contributed by atoms with van der Waals surface area (Å²) in [5.41, 5.74) is 2.37. The van der Waals surface area contributed by atoms with Gasteiger partial charge in [-0.2, -0.15) is 0 Å². The highest BCUT2D eigenvalue weighted by molar-refractivity contribution is 5.92. The molecule has 108 valence electrons. The fourth-order valence-electron chi connectivity index (χ4n) is 1.66. The maximum absolute atomic E-state index is 11.9. The Bertz CT molecular complexity index is 636. The lowest BCUT2D eigenvalue weighted by Crippen LogP contribution is -2.24. The number of methoxy groups -OCH3 is 1. The third kappa shape index (κ3) is 3.85. The molecule has 1 N–H and O–H groups in total. The number of carbonyl (C=O) groups is 2. The van der Waals surface area contributed by atoms with Gasteiger partial charge in [-0.15, -0.1) is 0 Å². The number of aromatic nitrogens is 2. The van der Waals surface area contributed by atoms with Crippen molar-refractivity contribution in [3.8, 4) is 0 Å². The summed E-state index contributed by atoms with van der Waals surface area (Å²) < 4.78 is 4.62. The van der Waals surface area contributed by atoms with Gasteiger partial charge in [-0.3, -0.25) is 9.78 Å². The fourth-order valence-corrected chi connectivity index (χ4v) is 1.66. The van der Waals surface area contributed by atoms with E-state index in [1.807, 2.05) is 0 Å². The molecule has 0 saturated heterocycles. The first-order chi connectivity index (χ1) is 10.1. The van der Waals surface area contributed by atoms with E-state index < -0.39 is 0 Å². The Morgan fingerprint density at radius 3 is 2.43 bits per heavy atom. The Kier molecular flexibility index (Phi) is 4.61. The van der Waals surface area contributed by atoms with Crippen LogP contribution in [0.3, 0.4) is 0 Å². The molecule has 0 aliphatic rings. The van der Waals surface area contributed by atoms with Crippen LogP contribution >= 0.6 is 0 Å². The van der Waals surface area contributed by atoms with Crippen LogP contribution in [-0.4, -0.2) is 29.0 Å². The van der Waals surface area contributed by atoms with E-state index in [2.05, 4.69) is 20.0 Å². The molecule has 0 unspecified atom stereocenters. The van der Waals surface area contributed by atoms with Crippen LogP contribution < -0.4 is 5.32 Å². The number of carbonyl (C=O) groups excluding carboxylic acids is 2. The number of ether oxygens (including phenoxy) is 1. The van der Waals surface area contributed by atoms with Gasteiger partial charge in [0.1, 0.15) is 5.69 Å². The van der Waals surface area contributed by atoms with Crippen molar-refractivity contribution in [2.75, 3.05) is 7.11 Å². The molecule has 0 fully saturated rings. The second kappa shape index (κ2) is 6.60. The minimum absolute atomic E-state index is 0.270. The smallest absolute Gasteiger partial charge is 0.337 e. The number of nitrogens with one attached hydrogen (secondary N) is 1. The van der Waals surface area contributed by atoms with Gasteiger partial charge >= 0.3 is 5.97 Å². The van der Waals surface area contributed by atoms with Crippen LogP contribution in [-0.2, 0) is 11.3 Å². The summed E-state index contributed by atoms with van der Waals surface area (Å²) in [7, 11) is 1.33. The summed E-state index contributed by atoms with van der Waals surface area (Å²) in [5, 5.41) is 2.74. The maximum Gasteiger partial charge on any atom is 0.337 e. The van der Waals surface area contributed by atoms with Crippen LogP contribution in [0, 0.1) is 6.92 Å². The number of benzene rings is 1. The largest absolute Gasteiger partial charge is 0.465 e. The standard InChI is InChI=1S/C15H15N3O3/c1-10-7-17-13(9-16-10)14(19)18-8-11-3-5-12(6-4-11)15(20)21-2/h3-7,9H,8H2,1-2H3,(H,18,19). The molecule has 1 aromatic heterocycles. The van der Waals surface area contributed by atoms with E-state index in [0.29, 0.717) is 12.1 Å². The van der Waals surface area contributed by atoms with Crippen LogP contribution in [0.5, 0.6) is 0 Å². The molecule has 0 aliphatic heterocycles. The van der Waals surface area contributed by atoms with Gasteiger partial charge in [-0.05, 0) is 24.6 Å². The first kappa shape index (κ1) is 14.6. The molecule has 0 aliphatic carbocycles. The van der Waals surface area contributed by atoms with Gasteiger partial charge in [0.05, 0.1) is 24.6 Å². The van der Waals surface area contributed by atoms with Crippen molar-refractivity contribution in [1.29, 1.82) is 0 Å². The van der Waals surface area contributed by atoms with Crippen molar-refractivity contribution in [1.82, 2.24) is 15.3 Å². The SMILES string of the molecule is COC(=O)c1ccc(CNC(=O)c2cnc(C)cn2)cc1. The number of hydrogen-bond acceptors (Lipinski definition) is 5. The molecule has 0 spiro atoms. The van der Waals surface area contributed by atoms with E-state index in [9.17, 15) is 9.59 Å². The Labute approximate surface area is 122 Å². The lowest BCUT2D eigenvalue weighted by molar-refractivity contribution is 0.0600. The average molecular weight is 285 g/mol. The van der Waals surface area contributed by atoms with Gasteiger partial charge in [-0.1, -0.05) is 12.1 Å². The van der Waals surface area contributed by atoms with Gasteiger partial charge in [0.25, 0.3) is 5.91 Å². The fraction of sp³-hybridized carbons (Fsp3) is 0.200. The summed E-state index contributed by atoms with van der Waals surface area (Å²) in [6.45, 7) is 2.15. The van der Waals surface area contributed by atoms with Crippen molar-refractivity contribution in [3.05, 3.63) is 59.2 Å². The molecule has 6 heteroatoms. The van der Waals surface area contributed by atoms with Crippen LogP contribution in [0.4, 0.5) is 0 Å². The molecule has 6 nitrogen and oxygen atoms in total. The third-order valence-electron chi connectivity index (χ3n) is 2.84. The van der Waals surface area contributed by atoms with Crippen LogP contribution in [0.15, 0.2) is 36.7 Å². The highest BCUT2D eigenvalue weighted by Gasteiger charge is 2.08. The van der Waals surface area contributed by atoms with Gasteiger partial charge in [0, 0.05) is 12.7 Å². The molecule has 21 heavy (non-hydrogen) atoms. The average Bonchev–Trinajstić information content (AvgIpc) is 2.53. The Balaban J connectivity index is 1.95. The zero-order valence-corrected chi connectivity index (χ0v) is 11.8. The topological polar surface area (TPSA) is 81.2 Å². The third-order valence-corrected chi connectivity index (χ3v) is 2.84. The molecule has 0 bridgehead atoms. The molecule has 0 saturated carbocycles. The molecule has 2 rings (SSSR count). The number of rotatable bonds is 4. The molecule has 0 radical (unpaired) electrons. The van der Waals surface area contributed by atoms with Crippen LogP contribution in [0.1, 0.15) is 32.1 Å². The molecule has 2 aromatic rings. The number of hydrogen-bond donors (Lipinski definition) is 1.